The van der Waals surface area contributed by atoms with Gasteiger partial charge < -0.3 is 10.6 Å². The predicted octanol–water partition coefficient (Wildman–Crippen LogP) is 3.23. The average molecular weight is 309 g/mol. The molecule has 0 unspecified atom stereocenters. The molecule has 5 heteroatoms. The van der Waals surface area contributed by atoms with Crippen LogP contribution in [-0.4, -0.2) is 22.8 Å². The number of rotatable bonds is 3. The maximum absolute atomic E-state index is 13.5. The van der Waals surface area contributed by atoms with Crippen LogP contribution in [0.25, 0.3) is 10.9 Å². The van der Waals surface area contributed by atoms with Crippen LogP contribution < -0.4 is 5.73 Å². The van der Waals surface area contributed by atoms with Crippen LogP contribution in [0.2, 0.25) is 0 Å². The number of aromatic nitrogens is 1. The van der Waals surface area contributed by atoms with E-state index in [0.29, 0.717) is 23.0 Å². The van der Waals surface area contributed by atoms with E-state index in [1.807, 2.05) is 30.3 Å². The van der Waals surface area contributed by atoms with E-state index < -0.39 is 5.82 Å². The van der Waals surface area contributed by atoms with Gasteiger partial charge in [0.15, 0.2) is 0 Å². The quantitative estimate of drug-likeness (QED) is 0.756. The van der Waals surface area contributed by atoms with Crippen LogP contribution in [0.3, 0.4) is 0 Å². The summed E-state index contributed by atoms with van der Waals surface area (Å²) in [7, 11) is 1.72. The molecule has 1 aromatic heterocycles. The standard InChI is InChI=1S/C18H16FN3O/c1-22(11-12-5-3-2-4-6-12)18(23)14-7-13-8-15(19)9-16(20)17(13)21-10-14/h2-10H,11,20H2,1H3. The number of carbonyl (C=O) groups is 1. The number of halogens is 1. The van der Waals surface area contributed by atoms with Crippen molar-refractivity contribution in [1.82, 2.24) is 9.88 Å². The molecular weight excluding hydrogens is 293 g/mol. The van der Waals surface area contributed by atoms with Crippen LogP contribution in [0.15, 0.2) is 54.7 Å². The largest absolute Gasteiger partial charge is 0.397 e. The fourth-order valence-electron chi connectivity index (χ4n) is 2.51. The van der Waals surface area contributed by atoms with Crippen molar-refractivity contribution < 1.29 is 9.18 Å². The Bertz CT molecular complexity index is 865. The van der Waals surface area contributed by atoms with Gasteiger partial charge in [-0.05, 0) is 23.8 Å². The van der Waals surface area contributed by atoms with Gasteiger partial charge in [0, 0.05) is 25.2 Å². The molecule has 2 N–H and O–H groups in total. The minimum Gasteiger partial charge on any atom is -0.397 e. The molecule has 3 rings (SSSR count). The third-order valence-corrected chi connectivity index (χ3v) is 3.63. The van der Waals surface area contributed by atoms with Gasteiger partial charge in [-0.15, -0.1) is 0 Å². The Balaban J connectivity index is 1.88. The van der Waals surface area contributed by atoms with Crippen molar-refractivity contribution in [2.45, 2.75) is 6.54 Å². The van der Waals surface area contributed by atoms with E-state index in [2.05, 4.69) is 4.98 Å². The van der Waals surface area contributed by atoms with Gasteiger partial charge in [0.05, 0.1) is 16.8 Å². The highest BCUT2D eigenvalue weighted by molar-refractivity contribution is 5.99. The fraction of sp³-hybridized carbons (Fsp3) is 0.111. The van der Waals surface area contributed by atoms with Crippen molar-refractivity contribution in [2.75, 3.05) is 12.8 Å². The molecule has 0 aliphatic carbocycles. The number of amides is 1. The average Bonchev–Trinajstić information content (AvgIpc) is 2.54. The molecule has 0 fully saturated rings. The molecule has 0 radical (unpaired) electrons. The van der Waals surface area contributed by atoms with Crippen molar-refractivity contribution in [3.05, 3.63) is 71.7 Å². The van der Waals surface area contributed by atoms with Crippen LogP contribution in [0.1, 0.15) is 15.9 Å². The molecule has 0 saturated heterocycles. The number of fused-ring (bicyclic) bond motifs is 1. The summed E-state index contributed by atoms with van der Waals surface area (Å²) in [6.45, 7) is 0.489. The number of anilines is 1. The van der Waals surface area contributed by atoms with E-state index in [9.17, 15) is 9.18 Å². The zero-order valence-corrected chi connectivity index (χ0v) is 12.7. The van der Waals surface area contributed by atoms with Gasteiger partial charge >= 0.3 is 0 Å². The zero-order valence-electron chi connectivity index (χ0n) is 12.7. The highest BCUT2D eigenvalue weighted by Crippen LogP contribution is 2.22. The molecule has 0 spiro atoms. The second-order valence-electron chi connectivity index (χ2n) is 5.44. The van der Waals surface area contributed by atoms with E-state index in [1.54, 1.807) is 18.0 Å². The number of hydrogen-bond donors (Lipinski definition) is 1. The first-order valence-corrected chi connectivity index (χ1v) is 7.19. The second kappa shape index (κ2) is 6.04. The molecule has 1 heterocycles. The molecule has 23 heavy (non-hydrogen) atoms. The summed E-state index contributed by atoms with van der Waals surface area (Å²) in [6.07, 6.45) is 1.47. The van der Waals surface area contributed by atoms with E-state index in [0.717, 1.165) is 5.56 Å². The lowest BCUT2D eigenvalue weighted by molar-refractivity contribution is 0.0785. The van der Waals surface area contributed by atoms with E-state index in [-0.39, 0.29) is 11.6 Å². The van der Waals surface area contributed by atoms with Gasteiger partial charge in [-0.3, -0.25) is 9.78 Å². The fourth-order valence-corrected chi connectivity index (χ4v) is 2.51. The normalized spacial score (nSPS) is 10.7. The summed E-state index contributed by atoms with van der Waals surface area (Å²) in [5, 5.41) is 0.515. The Morgan fingerprint density at radius 2 is 1.96 bits per heavy atom. The first kappa shape index (κ1) is 15.0. The van der Waals surface area contributed by atoms with Crippen molar-refractivity contribution in [3.63, 3.8) is 0 Å². The first-order valence-electron chi connectivity index (χ1n) is 7.19. The summed E-state index contributed by atoms with van der Waals surface area (Å²) in [4.78, 5) is 18.3. The number of hydrogen-bond acceptors (Lipinski definition) is 3. The molecule has 2 aromatic carbocycles. The van der Waals surface area contributed by atoms with Crippen molar-refractivity contribution in [3.8, 4) is 0 Å². The predicted molar refractivity (Wildman–Crippen MR) is 88.4 cm³/mol. The first-order chi connectivity index (χ1) is 11.0. The minimum absolute atomic E-state index is 0.175. The Labute approximate surface area is 133 Å². The van der Waals surface area contributed by atoms with Crippen molar-refractivity contribution in [2.24, 2.45) is 0 Å². The number of benzene rings is 2. The lowest BCUT2D eigenvalue weighted by Gasteiger charge is -2.17. The number of nitrogens with zero attached hydrogens (tertiary/aromatic N) is 2. The molecule has 116 valence electrons. The van der Waals surface area contributed by atoms with Crippen molar-refractivity contribution >= 4 is 22.5 Å². The Kier molecular flexibility index (Phi) is 3.93. The van der Waals surface area contributed by atoms with E-state index >= 15 is 0 Å². The molecule has 1 amide bonds. The maximum Gasteiger partial charge on any atom is 0.255 e. The van der Waals surface area contributed by atoms with Gasteiger partial charge in [0.1, 0.15) is 5.82 Å². The summed E-state index contributed by atoms with van der Waals surface area (Å²) >= 11 is 0. The lowest BCUT2D eigenvalue weighted by atomic mass is 10.1. The summed E-state index contributed by atoms with van der Waals surface area (Å²) in [5.74, 6) is -0.620. The SMILES string of the molecule is CN(Cc1ccccc1)C(=O)c1cnc2c(N)cc(F)cc2c1. The molecule has 3 aromatic rings. The number of nitrogen functional groups attached to an aromatic ring is 1. The Hall–Kier alpha value is -2.95. The molecule has 0 bridgehead atoms. The molecule has 0 atom stereocenters. The van der Waals surface area contributed by atoms with Crippen LogP contribution in [-0.2, 0) is 6.54 Å². The van der Waals surface area contributed by atoms with Crippen LogP contribution in [0, 0.1) is 5.82 Å². The molecule has 0 aliphatic heterocycles. The monoisotopic (exact) mass is 309 g/mol. The summed E-state index contributed by atoms with van der Waals surface area (Å²) in [6, 6.07) is 13.9. The van der Waals surface area contributed by atoms with Crippen LogP contribution in [0.5, 0.6) is 0 Å². The Morgan fingerprint density at radius 1 is 1.22 bits per heavy atom. The van der Waals surface area contributed by atoms with E-state index in [1.165, 1.54) is 18.3 Å². The smallest absolute Gasteiger partial charge is 0.255 e. The number of pyridine rings is 1. The van der Waals surface area contributed by atoms with Crippen LogP contribution in [0.4, 0.5) is 10.1 Å². The molecule has 4 nitrogen and oxygen atoms in total. The number of nitrogens with two attached hydrogens (primary N) is 1. The lowest BCUT2D eigenvalue weighted by Crippen LogP contribution is -2.26. The Morgan fingerprint density at radius 3 is 2.70 bits per heavy atom. The second-order valence-corrected chi connectivity index (χ2v) is 5.44. The van der Waals surface area contributed by atoms with Crippen molar-refractivity contribution in [1.29, 1.82) is 0 Å². The third-order valence-electron chi connectivity index (χ3n) is 3.63. The highest BCUT2D eigenvalue weighted by Gasteiger charge is 2.14. The van der Waals surface area contributed by atoms with E-state index in [4.69, 9.17) is 5.73 Å². The maximum atomic E-state index is 13.5. The summed E-state index contributed by atoms with van der Waals surface area (Å²) < 4.78 is 13.5. The molecule has 0 aliphatic rings. The third kappa shape index (κ3) is 3.13. The highest BCUT2D eigenvalue weighted by atomic mass is 19.1. The topological polar surface area (TPSA) is 59.2 Å². The van der Waals surface area contributed by atoms with Crippen LogP contribution >= 0.6 is 0 Å². The van der Waals surface area contributed by atoms with Gasteiger partial charge in [0.2, 0.25) is 0 Å². The molecule has 0 saturated carbocycles. The molecular formula is C18H16FN3O. The summed E-state index contributed by atoms with van der Waals surface area (Å²) in [5.41, 5.74) is 7.94. The van der Waals surface area contributed by atoms with Gasteiger partial charge in [0.25, 0.3) is 5.91 Å². The number of carbonyl (C=O) groups excluding carboxylic acids is 1. The van der Waals surface area contributed by atoms with Gasteiger partial charge in [-0.1, -0.05) is 30.3 Å². The zero-order chi connectivity index (χ0) is 16.4. The van der Waals surface area contributed by atoms with Gasteiger partial charge in [-0.25, -0.2) is 4.39 Å². The minimum atomic E-state index is -0.445. The van der Waals surface area contributed by atoms with Gasteiger partial charge in [-0.2, -0.15) is 0 Å².